The van der Waals surface area contributed by atoms with Gasteiger partial charge in [-0.15, -0.1) is 0 Å². The molecule has 5 rings (SSSR count). The Kier molecular flexibility index (Phi) is 8.24. The number of fused-ring (bicyclic) bond motifs is 3. The summed E-state index contributed by atoms with van der Waals surface area (Å²) in [5, 5.41) is 15.3. The molecule has 0 radical (unpaired) electrons. The molecule has 1 amide bonds. The predicted octanol–water partition coefficient (Wildman–Crippen LogP) is 2.95. The van der Waals surface area contributed by atoms with E-state index in [1.807, 2.05) is 30.3 Å². The maximum Gasteiger partial charge on any atom is 0.269 e. The van der Waals surface area contributed by atoms with Crippen molar-refractivity contribution in [2.45, 2.75) is 25.4 Å². The maximum absolute atomic E-state index is 13.5. The Morgan fingerprint density at radius 1 is 1.08 bits per heavy atom. The van der Waals surface area contributed by atoms with Gasteiger partial charge < -0.3 is 15.0 Å². The van der Waals surface area contributed by atoms with E-state index in [0.29, 0.717) is 13.0 Å². The fourth-order valence-electron chi connectivity index (χ4n) is 5.74. The van der Waals surface area contributed by atoms with Crippen LogP contribution in [-0.4, -0.2) is 85.7 Å². The Hall–Kier alpha value is -2.72. The van der Waals surface area contributed by atoms with Crippen LogP contribution in [0.1, 0.15) is 17.5 Å². The average Bonchev–Trinajstić information content (AvgIpc) is 2.92. The molecule has 0 aliphatic carbocycles. The molecule has 2 saturated heterocycles. The van der Waals surface area contributed by atoms with Crippen LogP contribution >= 0.6 is 11.6 Å². The summed E-state index contributed by atoms with van der Waals surface area (Å²) in [4.78, 5) is 31.6. The van der Waals surface area contributed by atoms with E-state index in [1.165, 1.54) is 5.56 Å². The van der Waals surface area contributed by atoms with E-state index in [4.69, 9.17) is 16.3 Å². The highest BCUT2D eigenvalue weighted by Crippen LogP contribution is 2.38. The van der Waals surface area contributed by atoms with Gasteiger partial charge in [-0.2, -0.15) is 0 Å². The van der Waals surface area contributed by atoms with Gasteiger partial charge in [0, 0.05) is 68.7 Å². The molecule has 0 spiro atoms. The molecule has 2 aromatic rings. The van der Waals surface area contributed by atoms with Crippen LogP contribution in [0.2, 0.25) is 5.02 Å². The van der Waals surface area contributed by atoms with Gasteiger partial charge in [0.15, 0.2) is 0 Å². The molecular formula is C27H34ClN5O4. The lowest BCUT2D eigenvalue weighted by Gasteiger charge is -2.49. The topological polar surface area (TPSA) is 91.2 Å². The number of morpholine rings is 1. The van der Waals surface area contributed by atoms with Gasteiger partial charge in [-0.1, -0.05) is 23.7 Å². The number of hydrogen-bond acceptors (Lipinski definition) is 7. The molecule has 2 aromatic carbocycles. The van der Waals surface area contributed by atoms with E-state index < -0.39 is 0 Å². The average molecular weight is 528 g/mol. The number of anilines is 1. The molecule has 3 aliphatic heterocycles. The van der Waals surface area contributed by atoms with Crippen LogP contribution in [0.4, 0.5) is 11.4 Å². The third-order valence-corrected chi connectivity index (χ3v) is 7.95. The van der Waals surface area contributed by atoms with E-state index in [1.54, 1.807) is 12.1 Å². The minimum absolute atomic E-state index is 0.00856. The third-order valence-electron chi connectivity index (χ3n) is 7.70. The highest BCUT2D eigenvalue weighted by Gasteiger charge is 2.41. The van der Waals surface area contributed by atoms with Crippen molar-refractivity contribution in [3.05, 3.63) is 68.7 Å². The van der Waals surface area contributed by atoms with Gasteiger partial charge >= 0.3 is 0 Å². The van der Waals surface area contributed by atoms with Crippen LogP contribution in [0.25, 0.3) is 0 Å². The molecule has 37 heavy (non-hydrogen) atoms. The molecule has 10 heteroatoms. The first-order valence-electron chi connectivity index (χ1n) is 13.1. The van der Waals surface area contributed by atoms with Crippen molar-refractivity contribution >= 4 is 28.9 Å². The normalized spacial score (nSPS) is 22.2. The molecule has 3 aliphatic rings. The molecular weight excluding hydrogens is 494 g/mol. The summed E-state index contributed by atoms with van der Waals surface area (Å²) < 4.78 is 5.41. The lowest BCUT2D eigenvalue weighted by Crippen LogP contribution is -2.61. The Morgan fingerprint density at radius 3 is 2.62 bits per heavy atom. The largest absolute Gasteiger partial charge is 0.379 e. The van der Waals surface area contributed by atoms with E-state index in [9.17, 15) is 14.9 Å². The Morgan fingerprint density at radius 2 is 1.86 bits per heavy atom. The second kappa shape index (κ2) is 11.8. The van der Waals surface area contributed by atoms with E-state index in [2.05, 4.69) is 20.0 Å². The smallest absolute Gasteiger partial charge is 0.269 e. The molecule has 2 atom stereocenters. The number of piperazine rings is 1. The zero-order valence-electron chi connectivity index (χ0n) is 21.0. The summed E-state index contributed by atoms with van der Waals surface area (Å²) >= 11 is 6.06. The summed E-state index contributed by atoms with van der Waals surface area (Å²) in [5.41, 5.74) is 3.15. The molecule has 0 saturated carbocycles. The number of nitrogens with one attached hydrogen (secondary N) is 1. The zero-order chi connectivity index (χ0) is 25.8. The second-order valence-electron chi connectivity index (χ2n) is 10.1. The number of carbonyl (C=O) groups excluding carboxylic acids is 1. The monoisotopic (exact) mass is 527 g/mol. The van der Waals surface area contributed by atoms with E-state index >= 15 is 0 Å². The van der Waals surface area contributed by atoms with Crippen molar-refractivity contribution in [3.8, 4) is 0 Å². The first-order valence-corrected chi connectivity index (χ1v) is 13.4. The number of nitrogens with zero attached hydrogens (tertiary/aromatic N) is 4. The summed E-state index contributed by atoms with van der Waals surface area (Å²) in [6, 6.07) is 13.0. The summed E-state index contributed by atoms with van der Waals surface area (Å²) in [5.74, 6) is -0.242. The standard InChI is InChI=1S/C27H34ClN5O4/c28-22-4-2-20(3-5-22)18-31-10-11-32-25-7-6-23(33(35)36)16-21(25)17-24(26(32)19-31)27(34)29-8-1-9-30-12-14-37-15-13-30/h2-7,16,24,26H,1,8-15,17-19H2,(H,29,34). The molecule has 9 nitrogen and oxygen atoms in total. The number of ether oxygens (including phenoxy) is 1. The fraction of sp³-hybridized carbons (Fsp3) is 0.519. The van der Waals surface area contributed by atoms with Gasteiger partial charge in [0.25, 0.3) is 5.69 Å². The molecule has 3 heterocycles. The first kappa shape index (κ1) is 25.9. The number of carbonyl (C=O) groups is 1. The van der Waals surface area contributed by atoms with E-state index in [-0.39, 0.29) is 28.5 Å². The van der Waals surface area contributed by atoms with Gasteiger partial charge in [0.2, 0.25) is 5.91 Å². The number of nitro benzene ring substituents is 1. The van der Waals surface area contributed by atoms with Gasteiger partial charge in [-0.25, -0.2) is 0 Å². The maximum atomic E-state index is 13.5. The molecule has 2 fully saturated rings. The summed E-state index contributed by atoms with van der Waals surface area (Å²) in [6.45, 7) is 8.14. The summed E-state index contributed by atoms with van der Waals surface area (Å²) in [7, 11) is 0. The van der Waals surface area contributed by atoms with Crippen LogP contribution in [0.5, 0.6) is 0 Å². The van der Waals surface area contributed by atoms with Crippen molar-refractivity contribution in [1.29, 1.82) is 0 Å². The number of rotatable bonds is 8. The zero-order valence-corrected chi connectivity index (χ0v) is 21.7. The Bertz CT molecular complexity index is 1110. The molecule has 2 unspecified atom stereocenters. The van der Waals surface area contributed by atoms with Gasteiger partial charge in [0.05, 0.1) is 30.1 Å². The lowest BCUT2D eigenvalue weighted by molar-refractivity contribution is -0.384. The van der Waals surface area contributed by atoms with Crippen LogP contribution in [0.3, 0.4) is 0 Å². The number of halogens is 1. The first-order chi connectivity index (χ1) is 18.0. The minimum atomic E-state index is -0.364. The highest BCUT2D eigenvalue weighted by atomic mass is 35.5. The fourth-order valence-corrected chi connectivity index (χ4v) is 5.87. The van der Waals surface area contributed by atoms with Crippen molar-refractivity contribution < 1.29 is 14.5 Å². The number of nitro groups is 1. The predicted molar refractivity (Wildman–Crippen MR) is 143 cm³/mol. The Balaban J connectivity index is 1.28. The molecule has 0 aromatic heterocycles. The van der Waals surface area contributed by atoms with Crippen LogP contribution < -0.4 is 10.2 Å². The third kappa shape index (κ3) is 6.23. The van der Waals surface area contributed by atoms with Crippen molar-refractivity contribution in [2.75, 3.05) is 63.9 Å². The van der Waals surface area contributed by atoms with Crippen LogP contribution in [0, 0.1) is 16.0 Å². The minimum Gasteiger partial charge on any atom is -0.379 e. The van der Waals surface area contributed by atoms with Gasteiger partial charge in [-0.3, -0.25) is 24.7 Å². The SMILES string of the molecule is O=C(NCCCN1CCOCC1)C1Cc2cc([N+](=O)[O-])ccc2N2CCN(Cc3ccc(Cl)cc3)CC12. The lowest BCUT2D eigenvalue weighted by atomic mass is 9.83. The number of hydrogen-bond donors (Lipinski definition) is 1. The highest BCUT2D eigenvalue weighted by molar-refractivity contribution is 6.30. The van der Waals surface area contributed by atoms with Gasteiger partial charge in [-0.05, 0) is 48.7 Å². The molecule has 1 N–H and O–H groups in total. The van der Waals surface area contributed by atoms with Gasteiger partial charge in [0.1, 0.15) is 0 Å². The van der Waals surface area contributed by atoms with Crippen molar-refractivity contribution in [3.63, 3.8) is 0 Å². The molecule has 0 bridgehead atoms. The van der Waals surface area contributed by atoms with Crippen molar-refractivity contribution in [1.82, 2.24) is 15.1 Å². The Labute approximate surface area is 222 Å². The van der Waals surface area contributed by atoms with Crippen LogP contribution in [-0.2, 0) is 22.5 Å². The van der Waals surface area contributed by atoms with E-state index in [0.717, 1.165) is 81.7 Å². The number of non-ortho nitro benzene ring substituents is 1. The number of benzene rings is 2. The second-order valence-corrected chi connectivity index (χ2v) is 10.5. The van der Waals surface area contributed by atoms with Crippen molar-refractivity contribution in [2.24, 2.45) is 5.92 Å². The summed E-state index contributed by atoms with van der Waals surface area (Å²) in [6.07, 6.45) is 1.39. The molecule has 198 valence electrons. The number of amides is 1. The van der Waals surface area contributed by atoms with Crippen LogP contribution in [0.15, 0.2) is 42.5 Å². The quantitative estimate of drug-likeness (QED) is 0.320.